The van der Waals surface area contributed by atoms with Crippen molar-refractivity contribution >= 4 is 5.90 Å². The maximum Gasteiger partial charge on any atom is 0.211 e. The Morgan fingerprint density at radius 1 is 1.44 bits per heavy atom. The Morgan fingerprint density at radius 2 is 2.33 bits per heavy atom. The molecule has 2 rings (SSSR count). The van der Waals surface area contributed by atoms with Crippen LogP contribution in [0.1, 0.15) is 0 Å². The van der Waals surface area contributed by atoms with E-state index in [0.717, 1.165) is 11.3 Å². The molecule has 0 aromatic heterocycles. The van der Waals surface area contributed by atoms with Crippen LogP contribution in [0, 0.1) is 0 Å². The maximum absolute atomic E-state index is 8.83. The van der Waals surface area contributed by atoms with E-state index in [-0.39, 0.29) is 5.90 Å². The van der Waals surface area contributed by atoms with Gasteiger partial charge in [0, 0.05) is 11.6 Å². The Kier molecular flexibility index (Phi) is 0.681. The van der Waals surface area contributed by atoms with Crippen LogP contribution in [-0.4, -0.2) is 11.0 Å². The summed E-state index contributed by atoms with van der Waals surface area (Å²) in [7, 11) is 0. The van der Waals surface area contributed by atoms with Gasteiger partial charge in [0.15, 0.2) is 0 Å². The quantitative estimate of drug-likeness (QED) is 0.512. The third kappa shape index (κ3) is 0.528. The topological polar surface area (TPSA) is 32.6 Å². The molecule has 0 atom stereocenters. The molecule has 2 aliphatic rings. The van der Waals surface area contributed by atoms with Gasteiger partial charge in [-0.2, -0.15) is 0 Å². The molecule has 0 aromatic carbocycles. The number of nitrogens with zero attached hydrogens (tertiary/aromatic N) is 1. The average molecular weight is 119 g/mol. The Bertz CT molecular complexity index is 269. The zero-order valence-electron chi connectivity index (χ0n) is 4.70. The van der Waals surface area contributed by atoms with E-state index in [1.54, 1.807) is 6.08 Å². The molecule has 1 heterocycles. The van der Waals surface area contributed by atoms with Gasteiger partial charge in [0.1, 0.15) is 0 Å². The predicted octanol–water partition coefficient (Wildman–Crippen LogP) is 1.34. The largest absolute Gasteiger partial charge is 0.493 e. The van der Waals surface area contributed by atoms with Crippen LogP contribution in [-0.2, 0) is 0 Å². The maximum atomic E-state index is 8.83. The fourth-order valence-electron chi connectivity index (χ4n) is 0.943. The zero-order valence-corrected chi connectivity index (χ0v) is 4.70. The number of hydrogen-bond acceptors (Lipinski definition) is 1. The van der Waals surface area contributed by atoms with Gasteiger partial charge in [0.2, 0.25) is 5.90 Å². The molecule has 44 valence electrons. The lowest BCUT2D eigenvalue weighted by Gasteiger charge is -1.83. The highest BCUT2D eigenvalue weighted by Gasteiger charge is 2.12. The number of allylic oxidation sites excluding steroid dienone is 3. The van der Waals surface area contributed by atoms with Crippen LogP contribution in [0.5, 0.6) is 0 Å². The standard InChI is InChI=1S/C7H5NO/c9-7-4-5-2-1-3-6(5)8-7/h1-4H,(H,8,9). The number of aliphatic hydroxyl groups excluding tert-OH is 1. The first-order valence-corrected chi connectivity index (χ1v) is 2.74. The lowest BCUT2D eigenvalue weighted by molar-refractivity contribution is 0.559. The molecule has 2 heteroatoms. The minimum absolute atomic E-state index is 0.112. The molecule has 1 aliphatic carbocycles. The summed E-state index contributed by atoms with van der Waals surface area (Å²) in [6, 6.07) is 0. The van der Waals surface area contributed by atoms with Crippen molar-refractivity contribution in [1.82, 2.24) is 0 Å². The number of aliphatic hydroxyl groups is 1. The van der Waals surface area contributed by atoms with Crippen LogP contribution in [0.15, 0.2) is 40.6 Å². The van der Waals surface area contributed by atoms with Gasteiger partial charge in [-0.1, -0.05) is 12.2 Å². The van der Waals surface area contributed by atoms with E-state index in [0.29, 0.717) is 0 Å². The minimum Gasteiger partial charge on any atom is -0.493 e. The van der Waals surface area contributed by atoms with E-state index in [2.05, 4.69) is 4.99 Å². The summed E-state index contributed by atoms with van der Waals surface area (Å²) in [6.45, 7) is 0. The molecule has 1 aliphatic heterocycles. The molecule has 1 N–H and O–H groups in total. The summed E-state index contributed by atoms with van der Waals surface area (Å²) in [4.78, 5) is 3.83. The monoisotopic (exact) mass is 119 g/mol. The van der Waals surface area contributed by atoms with Crippen molar-refractivity contribution in [3.63, 3.8) is 0 Å². The van der Waals surface area contributed by atoms with Gasteiger partial charge in [-0.25, -0.2) is 4.99 Å². The Morgan fingerprint density at radius 3 is 3.11 bits per heavy atom. The van der Waals surface area contributed by atoms with Gasteiger partial charge in [-0.05, 0) is 6.08 Å². The second-order valence-electron chi connectivity index (χ2n) is 1.98. The van der Waals surface area contributed by atoms with Gasteiger partial charge in [-0.15, -0.1) is 0 Å². The third-order valence-corrected chi connectivity index (χ3v) is 1.35. The van der Waals surface area contributed by atoms with Crippen molar-refractivity contribution < 1.29 is 5.11 Å². The molecule has 2 nitrogen and oxygen atoms in total. The first-order chi connectivity index (χ1) is 4.36. The minimum atomic E-state index is 0.112. The summed E-state index contributed by atoms with van der Waals surface area (Å²) in [6.07, 6.45) is 7.35. The highest BCUT2D eigenvalue weighted by molar-refractivity contribution is 5.93. The fourth-order valence-corrected chi connectivity index (χ4v) is 0.943. The van der Waals surface area contributed by atoms with Gasteiger partial charge >= 0.3 is 0 Å². The molecule has 0 aromatic rings. The molecule has 0 amide bonds. The fraction of sp³-hybridized carbons (Fsp3) is 0. The Labute approximate surface area is 52.5 Å². The van der Waals surface area contributed by atoms with Crippen LogP contribution >= 0.6 is 0 Å². The second kappa shape index (κ2) is 1.35. The number of fused-ring (bicyclic) bond motifs is 1. The Balaban J connectivity index is 2.53. The van der Waals surface area contributed by atoms with E-state index in [1.807, 2.05) is 18.2 Å². The van der Waals surface area contributed by atoms with Crippen molar-refractivity contribution in [2.75, 3.05) is 0 Å². The molecule has 0 saturated heterocycles. The van der Waals surface area contributed by atoms with Crippen molar-refractivity contribution in [2.45, 2.75) is 0 Å². The van der Waals surface area contributed by atoms with Crippen LogP contribution < -0.4 is 0 Å². The summed E-state index contributed by atoms with van der Waals surface area (Å²) in [5.74, 6) is 0.112. The summed E-state index contributed by atoms with van der Waals surface area (Å²) < 4.78 is 0. The highest BCUT2D eigenvalue weighted by Crippen LogP contribution is 2.23. The van der Waals surface area contributed by atoms with Crippen molar-refractivity contribution in [1.29, 1.82) is 0 Å². The Hall–Kier alpha value is -1.31. The van der Waals surface area contributed by atoms with Crippen molar-refractivity contribution in [3.05, 3.63) is 35.6 Å². The number of rotatable bonds is 0. The molecule has 0 radical (unpaired) electrons. The second-order valence-corrected chi connectivity index (χ2v) is 1.98. The van der Waals surface area contributed by atoms with Gasteiger partial charge in [-0.3, -0.25) is 0 Å². The van der Waals surface area contributed by atoms with Gasteiger partial charge in [0.25, 0.3) is 0 Å². The summed E-state index contributed by atoms with van der Waals surface area (Å²) in [5, 5.41) is 8.83. The molecular formula is C7H5NO. The van der Waals surface area contributed by atoms with Crippen LogP contribution in [0.4, 0.5) is 0 Å². The first kappa shape index (κ1) is 4.56. The van der Waals surface area contributed by atoms with Crippen molar-refractivity contribution in [3.8, 4) is 0 Å². The lowest BCUT2D eigenvalue weighted by Crippen LogP contribution is -1.82. The number of hydrogen-bond donors (Lipinski definition) is 1. The molecule has 0 saturated carbocycles. The first-order valence-electron chi connectivity index (χ1n) is 2.74. The third-order valence-electron chi connectivity index (χ3n) is 1.35. The molecule has 9 heavy (non-hydrogen) atoms. The molecule has 0 fully saturated rings. The zero-order chi connectivity index (χ0) is 6.27. The average Bonchev–Trinajstić information content (AvgIpc) is 2.22. The van der Waals surface area contributed by atoms with Crippen LogP contribution in [0.25, 0.3) is 0 Å². The normalized spacial score (nSPS) is 21.1. The summed E-state index contributed by atoms with van der Waals surface area (Å²) >= 11 is 0. The predicted molar refractivity (Wildman–Crippen MR) is 35.4 cm³/mol. The molecule has 0 spiro atoms. The summed E-state index contributed by atoms with van der Waals surface area (Å²) in [5.41, 5.74) is 1.88. The SMILES string of the molecule is OC1=NC2=CC=CC2=C1. The highest BCUT2D eigenvalue weighted by atomic mass is 16.3. The van der Waals surface area contributed by atoms with Gasteiger partial charge in [0.05, 0.1) is 5.70 Å². The van der Waals surface area contributed by atoms with Crippen LogP contribution in [0.2, 0.25) is 0 Å². The van der Waals surface area contributed by atoms with Crippen molar-refractivity contribution in [2.24, 2.45) is 4.99 Å². The number of aliphatic imine (C=N–C) groups is 1. The van der Waals surface area contributed by atoms with Crippen LogP contribution in [0.3, 0.4) is 0 Å². The smallest absolute Gasteiger partial charge is 0.211 e. The van der Waals surface area contributed by atoms with E-state index < -0.39 is 0 Å². The van der Waals surface area contributed by atoms with E-state index in [9.17, 15) is 0 Å². The van der Waals surface area contributed by atoms with E-state index in [4.69, 9.17) is 5.11 Å². The van der Waals surface area contributed by atoms with Gasteiger partial charge < -0.3 is 5.11 Å². The molecule has 0 bridgehead atoms. The lowest BCUT2D eigenvalue weighted by atomic mass is 10.3. The molecular weight excluding hydrogens is 114 g/mol. The van der Waals surface area contributed by atoms with E-state index >= 15 is 0 Å². The molecule has 0 unspecified atom stereocenters. The van der Waals surface area contributed by atoms with E-state index in [1.165, 1.54) is 0 Å².